The topological polar surface area (TPSA) is 66.5 Å². The van der Waals surface area contributed by atoms with Gasteiger partial charge in [-0.15, -0.1) is 0 Å². The maximum atomic E-state index is 13.7. The van der Waals surface area contributed by atoms with Crippen LogP contribution < -0.4 is 5.32 Å². The van der Waals surface area contributed by atoms with Crippen molar-refractivity contribution in [2.75, 3.05) is 12.8 Å². The number of nitrogens with one attached hydrogen (secondary N) is 1. The Labute approximate surface area is 151 Å². The normalized spacial score (nSPS) is 11.5. The number of nitrogens with zero attached hydrogens (tertiary/aromatic N) is 1. The number of rotatable bonds is 8. The fourth-order valence-corrected chi connectivity index (χ4v) is 3.13. The predicted octanol–water partition coefficient (Wildman–Crippen LogP) is 2.43. The first-order valence-corrected chi connectivity index (χ1v) is 9.81. The molecule has 0 unspecified atom stereocenters. The van der Waals surface area contributed by atoms with Crippen molar-refractivity contribution in [3.05, 3.63) is 71.3 Å². The summed E-state index contributed by atoms with van der Waals surface area (Å²) in [7, 11) is -3.62. The molecule has 0 aromatic heterocycles. The van der Waals surface area contributed by atoms with E-state index >= 15 is 0 Å². The zero-order valence-corrected chi connectivity index (χ0v) is 15.1. The lowest BCUT2D eigenvalue weighted by molar-refractivity contribution is -0.121. The van der Waals surface area contributed by atoms with Gasteiger partial charge in [-0.25, -0.2) is 17.2 Å². The fraction of sp³-hybridized carbons (Fsp3) is 0.278. The summed E-state index contributed by atoms with van der Waals surface area (Å²) < 4.78 is 52.1. The van der Waals surface area contributed by atoms with Crippen molar-refractivity contribution in [2.45, 2.75) is 19.5 Å². The summed E-state index contributed by atoms with van der Waals surface area (Å²) in [6.45, 7) is -0.250. The second-order valence-corrected chi connectivity index (χ2v) is 7.79. The van der Waals surface area contributed by atoms with Crippen LogP contribution in [0.5, 0.6) is 0 Å². The molecular weight excluding hydrogens is 362 g/mol. The first kappa shape index (κ1) is 20.0. The number of amides is 1. The summed E-state index contributed by atoms with van der Waals surface area (Å²) in [6, 6.07) is 11.9. The molecule has 8 heteroatoms. The van der Waals surface area contributed by atoms with Crippen LogP contribution in [0.25, 0.3) is 0 Å². The molecule has 0 saturated heterocycles. The predicted molar refractivity (Wildman–Crippen MR) is 94.5 cm³/mol. The van der Waals surface area contributed by atoms with Gasteiger partial charge in [0.25, 0.3) is 0 Å². The molecule has 0 fully saturated rings. The maximum absolute atomic E-state index is 13.7. The number of carbonyl (C=O) groups is 1. The number of sulfonamides is 1. The molecule has 0 aliphatic heterocycles. The van der Waals surface area contributed by atoms with Gasteiger partial charge in [-0.1, -0.05) is 36.4 Å². The molecule has 1 N–H and O–H groups in total. The minimum Gasteiger partial charge on any atom is -0.352 e. The Morgan fingerprint density at radius 3 is 2.08 bits per heavy atom. The second-order valence-electron chi connectivity index (χ2n) is 5.81. The Hall–Kier alpha value is -2.32. The van der Waals surface area contributed by atoms with Crippen molar-refractivity contribution < 1.29 is 22.0 Å². The van der Waals surface area contributed by atoms with Gasteiger partial charge < -0.3 is 5.32 Å². The zero-order chi connectivity index (χ0) is 19.2. The minimum absolute atomic E-state index is 0.0116. The Balaban J connectivity index is 1.94. The van der Waals surface area contributed by atoms with Gasteiger partial charge in [-0.3, -0.25) is 4.79 Å². The Morgan fingerprint density at radius 1 is 1.00 bits per heavy atom. The van der Waals surface area contributed by atoms with E-state index < -0.39 is 27.6 Å². The number of halogens is 2. The Morgan fingerprint density at radius 2 is 1.54 bits per heavy atom. The summed E-state index contributed by atoms with van der Waals surface area (Å²) in [5.41, 5.74) is 0.567. The highest BCUT2D eigenvalue weighted by Crippen LogP contribution is 2.13. The van der Waals surface area contributed by atoms with E-state index in [1.165, 1.54) is 24.3 Å². The summed E-state index contributed by atoms with van der Waals surface area (Å²) in [5, 5.41) is 2.55. The van der Waals surface area contributed by atoms with E-state index in [0.29, 0.717) is 5.56 Å². The van der Waals surface area contributed by atoms with Crippen LogP contribution in [0.3, 0.4) is 0 Å². The van der Waals surface area contributed by atoms with E-state index in [1.54, 1.807) is 24.3 Å². The highest BCUT2D eigenvalue weighted by Gasteiger charge is 2.19. The van der Waals surface area contributed by atoms with Crippen LogP contribution in [0.2, 0.25) is 0 Å². The molecule has 2 aromatic carbocycles. The number of carbonyl (C=O) groups excluding carboxylic acids is 1. The van der Waals surface area contributed by atoms with E-state index in [9.17, 15) is 22.0 Å². The standard InChI is InChI=1S/C18H20F2N2O3S/c1-26(24,25)22(13-15-7-3-5-9-17(15)20)11-10-18(23)21-12-14-6-2-4-8-16(14)19/h2-9H,10-13H2,1H3,(H,21,23). The summed E-state index contributed by atoms with van der Waals surface area (Å²) >= 11 is 0. The Bertz CT molecular complexity index is 872. The second kappa shape index (κ2) is 8.86. The monoisotopic (exact) mass is 382 g/mol. The van der Waals surface area contributed by atoms with Crippen molar-refractivity contribution in [1.82, 2.24) is 9.62 Å². The van der Waals surface area contributed by atoms with Crippen molar-refractivity contribution >= 4 is 15.9 Å². The molecule has 1 amide bonds. The van der Waals surface area contributed by atoms with Crippen molar-refractivity contribution in [2.24, 2.45) is 0 Å². The number of benzene rings is 2. The van der Waals surface area contributed by atoms with Gasteiger partial charge in [0, 0.05) is 37.2 Å². The largest absolute Gasteiger partial charge is 0.352 e. The van der Waals surface area contributed by atoms with Gasteiger partial charge in [-0.2, -0.15) is 4.31 Å². The van der Waals surface area contributed by atoms with Crippen molar-refractivity contribution in [1.29, 1.82) is 0 Å². The van der Waals surface area contributed by atoms with Crippen molar-refractivity contribution in [3.8, 4) is 0 Å². The van der Waals surface area contributed by atoms with Gasteiger partial charge >= 0.3 is 0 Å². The van der Waals surface area contributed by atoms with Crippen LogP contribution >= 0.6 is 0 Å². The van der Waals surface area contributed by atoms with Gasteiger partial charge in [0.05, 0.1) is 6.26 Å². The lowest BCUT2D eigenvalue weighted by Crippen LogP contribution is -2.34. The molecule has 26 heavy (non-hydrogen) atoms. The number of hydrogen-bond acceptors (Lipinski definition) is 3. The quantitative estimate of drug-likeness (QED) is 0.763. The highest BCUT2D eigenvalue weighted by atomic mass is 32.2. The summed E-state index contributed by atoms with van der Waals surface area (Å²) in [6.07, 6.45) is 0.890. The third-order valence-corrected chi connectivity index (χ3v) is 5.05. The number of hydrogen-bond donors (Lipinski definition) is 1. The zero-order valence-electron chi connectivity index (χ0n) is 14.3. The molecule has 0 aliphatic carbocycles. The molecule has 0 spiro atoms. The van der Waals surface area contributed by atoms with E-state index in [-0.39, 0.29) is 31.6 Å². The molecule has 0 bridgehead atoms. The third kappa shape index (κ3) is 5.89. The molecule has 140 valence electrons. The van der Waals surface area contributed by atoms with Gasteiger partial charge in [-0.05, 0) is 12.1 Å². The van der Waals surface area contributed by atoms with E-state index in [0.717, 1.165) is 10.6 Å². The third-order valence-electron chi connectivity index (χ3n) is 3.80. The first-order valence-electron chi connectivity index (χ1n) is 7.96. The minimum atomic E-state index is -3.62. The average molecular weight is 382 g/mol. The molecule has 0 aliphatic rings. The lowest BCUT2D eigenvalue weighted by Gasteiger charge is -2.20. The summed E-state index contributed by atoms with van der Waals surface area (Å²) in [4.78, 5) is 11.9. The lowest BCUT2D eigenvalue weighted by atomic mass is 10.2. The van der Waals surface area contributed by atoms with Gasteiger partial charge in [0.2, 0.25) is 15.9 Å². The fourth-order valence-electron chi connectivity index (χ4n) is 2.33. The summed E-state index contributed by atoms with van der Waals surface area (Å²) in [5.74, 6) is -1.36. The molecule has 0 heterocycles. The van der Waals surface area contributed by atoms with Gasteiger partial charge in [0.15, 0.2) is 0 Å². The van der Waals surface area contributed by atoms with Crippen LogP contribution in [-0.2, 0) is 27.9 Å². The Kier molecular flexibility index (Phi) is 6.82. The maximum Gasteiger partial charge on any atom is 0.221 e. The van der Waals surface area contributed by atoms with Crippen LogP contribution in [0.4, 0.5) is 8.78 Å². The van der Waals surface area contributed by atoms with Crippen LogP contribution in [0.15, 0.2) is 48.5 Å². The molecule has 0 saturated carbocycles. The molecule has 0 atom stereocenters. The van der Waals surface area contributed by atoms with E-state index in [1.807, 2.05) is 0 Å². The molecule has 2 rings (SSSR count). The van der Waals surface area contributed by atoms with Crippen molar-refractivity contribution in [3.63, 3.8) is 0 Å². The SMILES string of the molecule is CS(=O)(=O)N(CCC(=O)NCc1ccccc1F)Cc1ccccc1F. The molecular formula is C18H20F2N2O3S. The molecule has 5 nitrogen and oxygen atoms in total. The van der Waals surface area contributed by atoms with Crippen LogP contribution in [0.1, 0.15) is 17.5 Å². The van der Waals surface area contributed by atoms with Crippen LogP contribution in [-0.4, -0.2) is 31.4 Å². The molecule has 0 radical (unpaired) electrons. The first-order chi connectivity index (χ1) is 12.3. The smallest absolute Gasteiger partial charge is 0.221 e. The highest BCUT2D eigenvalue weighted by molar-refractivity contribution is 7.88. The average Bonchev–Trinajstić information content (AvgIpc) is 2.58. The van der Waals surface area contributed by atoms with Gasteiger partial charge in [0.1, 0.15) is 11.6 Å². The van der Waals surface area contributed by atoms with E-state index in [2.05, 4.69) is 5.32 Å². The van der Waals surface area contributed by atoms with E-state index in [4.69, 9.17) is 0 Å². The van der Waals surface area contributed by atoms with Crippen LogP contribution in [0, 0.1) is 11.6 Å². The molecule has 2 aromatic rings.